The lowest BCUT2D eigenvalue weighted by atomic mass is 10.3. The number of thiophene rings is 1. The quantitative estimate of drug-likeness (QED) is 0.776. The zero-order chi connectivity index (χ0) is 10.7. The van der Waals surface area contributed by atoms with Gasteiger partial charge in [0.2, 0.25) is 0 Å². The third-order valence-corrected chi connectivity index (χ3v) is 3.50. The lowest BCUT2D eigenvalue weighted by Crippen LogP contribution is -2.30. The molecule has 0 unspecified atom stereocenters. The molecule has 15 heavy (non-hydrogen) atoms. The molecule has 2 heterocycles. The molecule has 0 radical (unpaired) electrons. The largest absolute Gasteiger partial charge is 0.360 e. The van der Waals surface area contributed by atoms with Crippen LogP contribution in [0.4, 0.5) is 0 Å². The van der Waals surface area contributed by atoms with E-state index in [1.807, 2.05) is 12.1 Å². The third-order valence-electron chi connectivity index (χ3n) is 2.31. The monoisotopic (exact) mass is 240 g/mol. The van der Waals surface area contributed by atoms with Crippen LogP contribution in [0.2, 0.25) is 4.34 Å². The SMILES string of the molecule is CN1CCCN=C1/C=C/c1ccc(Cl)s1. The van der Waals surface area contributed by atoms with Gasteiger partial charge in [-0.2, -0.15) is 0 Å². The van der Waals surface area contributed by atoms with Gasteiger partial charge in [-0.1, -0.05) is 11.6 Å². The van der Waals surface area contributed by atoms with Gasteiger partial charge in [-0.15, -0.1) is 11.3 Å². The van der Waals surface area contributed by atoms with E-state index in [0.717, 1.165) is 29.7 Å². The normalized spacial score (nSPS) is 17.2. The Morgan fingerprint density at radius 1 is 1.47 bits per heavy atom. The number of nitrogens with zero attached hydrogens (tertiary/aromatic N) is 2. The molecule has 0 atom stereocenters. The number of rotatable bonds is 2. The van der Waals surface area contributed by atoms with Crippen molar-refractivity contribution < 1.29 is 0 Å². The molecule has 0 saturated carbocycles. The fourth-order valence-corrected chi connectivity index (χ4v) is 2.45. The highest BCUT2D eigenvalue weighted by molar-refractivity contribution is 7.17. The molecule has 0 saturated heterocycles. The maximum atomic E-state index is 5.85. The van der Waals surface area contributed by atoms with Crippen LogP contribution in [0.1, 0.15) is 11.3 Å². The maximum Gasteiger partial charge on any atom is 0.123 e. The topological polar surface area (TPSA) is 15.6 Å². The van der Waals surface area contributed by atoms with Gasteiger partial charge in [0.15, 0.2) is 0 Å². The second-order valence-corrected chi connectivity index (χ2v) is 5.24. The van der Waals surface area contributed by atoms with Gasteiger partial charge in [0, 0.05) is 25.0 Å². The van der Waals surface area contributed by atoms with Gasteiger partial charge in [-0.05, 0) is 30.7 Å². The first kappa shape index (κ1) is 10.7. The molecule has 1 aromatic rings. The highest BCUT2D eigenvalue weighted by Crippen LogP contribution is 2.22. The summed E-state index contributed by atoms with van der Waals surface area (Å²) in [6, 6.07) is 3.94. The lowest BCUT2D eigenvalue weighted by Gasteiger charge is -2.22. The van der Waals surface area contributed by atoms with Gasteiger partial charge >= 0.3 is 0 Å². The minimum atomic E-state index is 0.827. The zero-order valence-electron chi connectivity index (χ0n) is 8.61. The van der Waals surface area contributed by atoms with E-state index in [-0.39, 0.29) is 0 Å². The van der Waals surface area contributed by atoms with E-state index in [9.17, 15) is 0 Å². The predicted octanol–water partition coefficient (Wildman–Crippen LogP) is 3.15. The van der Waals surface area contributed by atoms with Crippen molar-refractivity contribution in [2.45, 2.75) is 6.42 Å². The average molecular weight is 241 g/mol. The van der Waals surface area contributed by atoms with Gasteiger partial charge in [-0.25, -0.2) is 0 Å². The van der Waals surface area contributed by atoms with Crippen molar-refractivity contribution in [3.8, 4) is 0 Å². The molecule has 0 N–H and O–H groups in total. The average Bonchev–Trinajstić information content (AvgIpc) is 2.63. The summed E-state index contributed by atoms with van der Waals surface area (Å²) in [6.45, 7) is 2.03. The molecule has 0 fully saturated rings. The molecule has 0 amide bonds. The molecule has 2 nitrogen and oxygen atoms in total. The Morgan fingerprint density at radius 2 is 2.33 bits per heavy atom. The second kappa shape index (κ2) is 4.81. The van der Waals surface area contributed by atoms with Crippen molar-refractivity contribution in [1.82, 2.24) is 4.90 Å². The number of hydrogen-bond donors (Lipinski definition) is 0. The maximum absolute atomic E-state index is 5.85. The van der Waals surface area contributed by atoms with Crippen molar-refractivity contribution in [3.63, 3.8) is 0 Å². The summed E-state index contributed by atoms with van der Waals surface area (Å²) in [7, 11) is 2.07. The van der Waals surface area contributed by atoms with Crippen LogP contribution in [0, 0.1) is 0 Å². The molecular formula is C11H13ClN2S. The Kier molecular flexibility index (Phi) is 3.44. The number of amidine groups is 1. The Morgan fingerprint density at radius 3 is 3.00 bits per heavy atom. The molecule has 0 spiro atoms. The summed E-state index contributed by atoms with van der Waals surface area (Å²) >= 11 is 7.44. The van der Waals surface area contributed by atoms with E-state index < -0.39 is 0 Å². The van der Waals surface area contributed by atoms with Crippen molar-refractivity contribution in [2.24, 2.45) is 4.99 Å². The number of aliphatic imine (C=N–C) groups is 1. The summed E-state index contributed by atoms with van der Waals surface area (Å²) in [5, 5.41) is 0. The summed E-state index contributed by atoms with van der Waals surface area (Å²) in [6.07, 6.45) is 5.27. The fraction of sp³-hybridized carbons (Fsp3) is 0.364. The van der Waals surface area contributed by atoms with Gasteiger partial charge in [0.25, 0.3) is 0 Å². The van der Waals surface area contributed by atoms with E-state index in [0.29, 0.717) is 0 Å². The molecule has 1 aromatic heterocycles. The summed E-state index contributed by atoms with van der Waals surface area (Å²) in [5.74, 6) is 1.06. The van der Waals surface area contributed by atoms with Crippen molar-refractivity contribution in [1.29, 1.82) is 0 Å². The van der Waals surface area contributed by atoms with Crippen LogP contribution in [0.3, 0.4) is 0 Å². The molecule has 1 aliphatic rings. The number of hydrogen-bond acceptors (Lipinski definition) is 3. The van der Waals surface area contributed by atoms with Crippen LogP contribution in [0.25, 0.3) is 6.08 Å². The molecule has 80 valence electrons. The van der Waals surface area contributed by atoms with E-state index in [1.165, 1.54) is 4.88 Å². The highest BCUT2D eigenvalue weighted by Gasteiger charge is 2.07. The smallest absolute Gasteiger partial charge is 0.123 e. The van der Waals surface area contributed by atoms with E-state index in [4.69, 9.17) is 11.6 Å². The van der Waals surface area contributed by atoms with Gasteiger partial charge in [0.1, 0.15) is 5.84 Å². The van der Waals surface area contributed by atoms with Gasteiger partial charge in [-0.3, -0.25) is 4.99 Å². The van der Waals surface area contributed by atoms with Crippen molar-refractivity contribution in [3.05, 3.63) is 27.4 Å². The Labute approximate surface area is 98.9 Å². The minimum absolute atomic E-state index is 0.827. The Balaban J connectivity index is 2.07. The number of likely N-dealkylation sites (N-methyl/N-ethyl adjacent to an activating group) is 1. The standard InChI is InChI=1S/C11H13ClN2S/c1-14-8-2-7-13-11(14)6-4-9-3-5-10(12)15-9/h3-6H,2,7-8H2,1H3/b6-4+. The third kappa shape index (κ3) is 2.83. The molecule has 0 aromatic carbocycles. The van der Waals surface area contributed by atoms with E-state index in [2.05, 4.69) is 29.1 Å². The van der Waals surface area contributed by atoms with Crippen molar-refractivity contribution >= 4 is 34.8 Å². The molecular weight excluding hydrogens is 228 g/mol. The van der Waals surface area contributed by atoms with E-state index in [1.54, 1.807) is 11.3 Å². The summed E-state index contributed by atoms with van der Waals surface area (Å²) in [4.78, 5) is 7.80. The fourth-order valence-electron chi connectivity index (χ4n) is 1.49. The van der Waals surface area contributed by atoms with Crippen molar-refractivity contribution in [2.75, 3.05) is 20.1 Å². The van der Waals surface area contributed by atoms with Gasteiger partial charge in [0.05, 0.1) is 4.34 Å². The summed E-state index contributed by atoms with van der Waals surface area (Å²) < 4.78 is 0.827. The van der Waals surface area contributed by atoms with Crippen LogP contribution in [-0.4, -0.2) is 30.9 Å². The summed E-state index contributed by atoms with van der Waals surface area (Å²) in [5.41, 5.74) is 0. The first-order valence-electron chi connectivity index (χ1n) is 4.95. The van der Waals surface area contributed by atoms with Gasteiger partial charge < -0.3 is 4.90 Å². The predicted molar refractivity (Wildman–Crippen MR) is 67.9 cm³/mol. The minimum Gasteiger partial charge on any atom is -0.360 e. The highest BCUT2D eigenvalue weighted by atomic mass is 35.5. The molecule has 2 rings (SSSR count). The van der Waals surface area contributed by atoms with Crippen LogP contribution >= 0.6 is 22.9 Å². The molecule has 0 bridgehead atoms. The van der Waals surface area contributed by atoms with Crippen LogP contribution in [0.15, 0.2) is 23.2 Å². The number of halogens is 1. The Bertz CT molecular complexity index is 395. The van der Waals surface area contributed by atoms with Crippen LogP contribution in [0.5, 0.6) is 0 Å². The first-order chi connectivity index (χ1) is 7.25. The van der Waals surface area contributed by atoms with Crippen LogP contribution in [-0.2, 0) is 0 Å². The zero-order valence-corrected chi connectivity index (χ0v) is 10.2. The van der Waals surface area contributed by atoms with E-state index >= 15 is 0 Å². The Hall–Kier alpha value is -0.800. The molecule has 1 aliphatic heterocycles. The molecule has 0 aliphatic carbocycles. The van der Waals surface area contributed by atoms with Crippen LogP contribution < -0.4 is 0 Å². The molecule has 4 heteroatoms. The second-order valence-electron chi connectivity index (χ2n) is 3.49. The first-order valence-corrected chi connectivity index (χ1v) is 6.14. The lowest BCUT2D eigenvalue weighted by molar-refractivity contribution is 0.470.